The van der Waals surface area contributed by atoms with Gasteiger partial charge in [0.1, 0.15) is 0 Å². The second kappa shape index (κ2) is 8.14. The molecule has 2 heterocycles. The molecule has 0 fully saturated rings. The van der Waals surface area contributed by atoms with Gasteiger partial charge >= 0.3 is 6.18 Å². The third kappa shape index (κ3) is 4.50. The highest BCUT2D eigenvalue weighted by molar-refractivity contribution is 8.00. The molecule has 11 heteroatoms. The molecule has 0 spiro atoms. The first-order valence-corrected chi connectivity index (χ1v) is 10.1. The smallest absolute Gasteiger partial charge is 0.325 e. The standard InChI is InChI=1S/C17H14ClF3N4OS2/c1-9(28-16-24-23-14(25(16)2)13-4-3-7-27-13)15(26)22-12-6-5-10(18)8-11(12)17(19,20)21/h3-9H,1-2H3,(H,22,26). The van der Waals surface area contributed by atoms with Gasteiger partial charge in [-0.05, 0) is 36.6 Å². The van der Waals surface area contributed by atoms with Crippen LogP contribution < -0.4 is 5.32 Å². The molecule has 0 bridgehead atoms. The fourth-order valence-electron chi connectivity index (χ4n) is 2.34. The monoisotopic (exact) mass is 446 g/mol. The summed E-state index contributed by atoms with van der Waals surface area (Å²) < 4.78 is 41.3. The Kier molecular flexibility index (Phi) is 6.01. The number of thiophene rings is 1. The van der Waals surface area contributed by atoms with E-state index in [0.29, 0.717) is 11.0 Å². The number of carbonyl (C=O) groups excluding carboxylic acids is 1. The van der Waals surface area contributed by atoms with Gasteiger partial charge in [-0.2, -0.15) is 13.2 Å². The fourth-order valence-corrected chi connectivity index (χ4v) is 4.07. The summed E-state index contributed by atoms with van der Waals surface area (Å²) in [4.78, 5) is 13.4. The number of aromatic nitrogens is 3. The molecule has 0 saturated carbocycles. The van der Waals surface area contributed by atoms with Gasteiger partial charge in [0, 0.05) is 12.1 Å². The van der Waals surface area contributed by atoms with Crippen LogP contribution in [0.4, 0.5) is 18.9 Å². The van der Waals surface area contributed by atoms with Crippen molar-refractivity contribution in [3.05, 3.63) is 46.3 Å². The van der Waals surface area contributed by atoms with Gasteiger partial charge in [0.05, 0.1) is 21.4 Å². The number of alkyl halides is 3. The lowest BCUT2D eigenvalue weighted by Crippen LogP contribution is -2.24. The number of amides is 1. The molecule has 28 heavy (non-hydrogen) atoms. The van der Waals surface area contributed by atoms with Gasteiger partial charge < -0.3 is 9.88 Å². The summed E-state index contributed by atoms with van der Waals surface area (Å²) >= 11 is 8.27. The van der Waals surface area contributed by atoms with E-state index in [4.69, 9.17) is 11.6 Å². The van der Waals surface area contributed by atoms with E-state index in [1.54, 1.807) is 18.5 Å². The molecule has 0 saturated heterocycles. The molecule has 3 aromatic rings. The molecular weight excluding hydrogens is 433 g/mol. The van der Waals surface area contributed by atoms with Gasteiger partial charge in [-0.25, -0.2) is 0 Å². The molecule has 1 unspecified atom stereocenters. The van der Waals surface area contributed by atoms with Crippen LogP contribution in [0.2, 0.25) is 5.02 Å². The minimum Gasteiger partial charge on any atom is -0.325 e. The third-order valence-electron chi connectivity index (χ3n) is 3.77. The van der Waals surface area contributed by atoms with E-state index < -0.39 is 22.9 Å². The van der Waals surface area contributed by atoms with E-state index in [2.05, 4.69) is 15.5 Å². The summed E-state index contributed by atoms with van der Waals surface area (Å²) in [5, 5.41) is 12.2. The van der Waals surface area contributed by atoms with Crippen LogP contribution in [0.1, 0.15) is 12.5 Å². The van der Waals surface area contributed by atoms with Crippen LogP contribution in [0.25, 0.3) is 10.7 Å². The number of benzene rings is 1. The predicted molar refractivity (Wildman–Crippen MR) is 105 cm³/mol. The Labute approximate surface area is 171 Å². The molecule has 2 aromatic heterocycles. The molecule has 1 N–H and O–H groups in total. The van der Waals surface area contributed by atoms with Crippen molar-refractivity contribution in [2.75, 3.05) is 5.32 Å². The number of nitrogens with one attached hydrogen (secondary N) is 1. The molecule has 5 nitrogen and oxygen atoms in total. The van der Waals surface area contributed by atoms with Gasteiger partial charge in [-0.15, -0.1) is 21.5 Å². The minimum atomic E-state index is -4.64. The molecule has 1 atom stereocenters. The van der Waals surface area contributed by atoms with Crippen molar-refractivity contribution < 1.29 is 18.0 Å². The Balaban J connectivity index is 1.75. The number of rotatable bonds is 5. The summed E-state index contributed by atoms with van der Waals surface area (Å²) in [5.41, 5.74) is -1.34. The van der Waals surface area contributed by atoms with Gasteiger partial charge in [-0.1, -0.05) is 29.4 Å². The van der Waals surface area contributed by atoms with Crippen LogP contribution in [0.3, 0.4) is 0 Å². The normalized spacial score (nSPS) is 12.8. The predicted octanol–water partition coefficient (Wildman–Crippen LogP) is 5.34. The Bertz CT molecular complexity index is 989. The van der Waals surface area contributed by atoms with Gasteiger partial charge in [0.2, 0.25) is 5.91 Å². The molecule has 3 rings (SSSR count). The van der Waals surface area contributed by atoms with Crippen LogP contribution >= 0.6 is 34.7 Å². The topological polar surface area (TPSA) is 59.8 Å². The van der Waals surface area contributed by atoms with E-state index >= 15 is 0 Å². The van der Waals surface area contributed by atoms with Gasteiger partial charge in [0.25, 0.3) is 0 Å². The van der Waals surface area contributed by atoms with Crippen LogP contribution in [0.5, 0.6) is 0 Å². The molecule has 0 radical (unpaired) electrons. The summed E-state index contributed by atoms with van der Waals surface area (Å²) in [6.07, 6.45) is -4.64. The van der Waals surface area contributed by atoms with E-state index in [1.165, 1.54) is 17.4 Å². The lowest BCUT2D eigenvalue weighted by molar-refractivity contribution is -0.137. The zero-order valence-electron chi connectivity index (χ0n) is 14.6. The van der Waals surface area contributed by atoms with Crippen LogP contribution in [0, 0.1) is 0 Å². The first kappa shape index (κ1) is 20.7. The first-order valence-electron chi connectivity index (χ1n) is 7.94. The highest BCUT2D eigenvalue weighted by Crippen LogP contribution is 2.37. The summed E-state index contributed by atoms with van der Waals surface area (Å²) in [6.45, 7) is 1.59. The number of carbonyl (C=O) groups is 1. The summed E-state index contributed by atoms with van der Waals surface area (Å²) in [6, 6.07) is 7.00. The maximum Gasteiger partial charge on any atom is 0.418 e. The lowest BCUT2D eigenvalue weighted by atomic mass is 10.1. The maximum absolute atomic E-state index is 13.2. The van der Waals surface area contributed by atoms with E-state index in [-0.39, 0.29) is 10.7 Å². The molecule has 0 aliphatic carbocycles. The van der Waals surface area contributed by atoms with Crippen molar-refractivity contribution in [3.63, 3.8) is 0 Å². The maximum atomic E-state index is 13.2. The largest absolute Gasteiger partial charge is 0.418 e. The van der Waals surface area contributed by atoms with Crippen LogP contribution in [-0.2, 0) is 18.0 Å². The highest BCUT2D eigenvalue weighted by atomic mass is 35.5. The zero-order valence-corrected chi connectivity index (χ0v) is 17.0. The van der Waals surface area contributed by atoms with Crippen molar-refractivity contribution in [1.29, 1.82) is 0 Å². The fraction of sp³-hybridized carbons (Fsp3) is 0.235. The van der Waals surface area contributed by atoms with Crippen molar-refractivity contribution in [3.8, 4) is 10.7 Å². The number of thioether (sulfide) groups is 1. The molecular formula is C17H14ClF3N4OS2. The van der Waals surface area contributed by atoms with Crippen molar-refractivity contribution in [2.45, 2.75) is 23.5 Å². The second-order valence-corrected chi connectivity index (χ2v) is 8.47. The number of hydrogen-bond acceptors (Lipinski definition) is 5. The molecule has 1 amide bonds. The number of anilines is 1. The highest BCUT2D eigenvalue weighted by Gasteiger charge is 2.34. The first-order chi connectivity index (χ1) is 13.2. The van der Waals surface area contributed by atoms with Gasteiger partial charge in [-0.3, -0.25) is 4.79 Å². The zero-order chi connectivity index (χ0) is 20.5. The lowest BCUT2D eigenvalue weighted by Gasteiger charge is -2.16. The molecule has 0 aliphatic rings. The minimum absolute atomic E-state index is 0.0621. The summed E-state index contributed by atoms with van der Waals surface area (Å²) in [5.74, 6) is 0.0701. The SMILES string of the molecule is CC(Sc1nnc(-c2cccs2)n1C)C(=O)Nc1ccc(Cl)cc1C(F)(F)F. The van der Waals surface area contributed by atoms with E-state index in [0.717, 1.165) is 28.8 Å². The average molecular weight is 447 g/mol. The van der Waals surface area contributed by atoms with E-state index in [9.17, 15) is 18.0 Å². The average Bonchev–Trinajstić information content (AvgIpc) is 3.26. The molecule has 0 aliphatic heterocycles. The van der Waals surface area contributed by atoms with Gasteiger partial charge in [0.15, 0.2) is 11.0 Å². The molecule has 148 valence electrons. The molecule has 1 aromatic carbocycles. The van der Waals surface area contributed by atoms with E-state index in [1.807, 2.05) is 17.5 Å². The quantitative estimate of drug-likeness (QED) is 0.538. The second-order valence-electron chi connectivity index (χ2n) is 5.78. The number of hydrogen-bond donors (Lipinski definition) is 1. The Hall–Kier alpha value is -2.04. The Morgan fingerprint density at radius 1 is 1.32 bits per heavy atom. The van der Waals surface area contributed by atoms with Crippen molar-refractivity contribution in [1.82, 2.24) is 14.8 Å². The van der Waals surface area contributed by atoms with Crippen molar-refractivity contribution >= 4 is 46.3 Å². The Morgan fingerprint density at radius 2 is 2.07 bits per heavy atom. The number of halogens is 4. The third-order valence-corrected chi connectivity index (χ3v) is 6.01. The van der Waals surface area contributed by atoms with Crippen LogP contribution in [0.15, 0.2) is 40.9 Å². The van der Waals surface area contributed by atoms with Crippen molar-refractivity contribution in [2.24, 2.45) is 7.05 Å². The Morgan fingerprint density at radius 3 is 2.71 bits per heavy atom. The number of nitrogens with zero attached hydrogens (tertiary/aromatic N) is 3. The van der Waals surface area contributed by atoms with Crippen LogP contribution in [-0.4, -0.2) is 25.9 Å². The summed E-state index contributed by atoms with van der Waals surface area (Å²) in [7, 11) is 1.77.